The average Bonchev–Trinajstić information content (AvgIpc) is 2.25. The first-order valence-corrected chi connectivity index (χ1v) is 9.91. The van der Waals surface area contributed by atoms with Crippen LogP contribution in [0.5, 0.6) is 0 Å². The summed E-state index contributed by atoms with van der Waals surface area (Å²) in [5, 5.41) is 9.22. The van der Waals surface area contributed by atoms with E-state index in [-0.39, 0.29) is 11.0 Å². The highest BCUT2D eigenvalue weighted by Crippen LogP contribution is 2.38. The highest BCUT2D eigenvalue weighted by Gasteiger charge is 2.38. The lowest BCUT2D eigenvalue weighted by Gasteiger charge is -2.38. The Bertz CT molecular complexity index is 286. The molecule has 3 nitrogen and oxygen atoms in total. The van der Waals surface area contributed by atoms with Gasteiger partial charge in [-0.2, -0.15) is 0 Å². The molecule has 0 atom stereocenters. The van der Waals surface area contributed by atoms with Crippen molar-refractivity contribution in [3.05, 3.63) is 0 Å². The van der Waals surface area contributed by atoms with Gasteiger partial charge >= 0.3 is 5.97 Å². The number of hydrogen-bond donors (Lipinski definition) is 1. The van der Waals surface area contributed by atoms with Gasteiger partial charge < -0.3 is 9.53 Å². The summed E-state index contributed by atoms with van der Waals surface area (Å²) in [6.45, 7) is 12.1. The van der Waals surface area contributed by atoms with Crippen molar-refractivity contribution in [2.75, 3.05) is 6.61 Å². The fourth-order valence-corrected chi connectivity index (χ4v) is 3.20. The molecule has 0 aliphatic heterocycles. The number of carboxylic acid groups (broad SMARTS) is 1. The fraction of sp³-hybridized carbons (Fsp3) is 0.929. The molecule has 1 N–H and O–H groups in total. The van der Waals surface area contributed by atoms with Crippen LogP contribution in [-0.4, -0.2) is 26.0 Å². The molecule has 1 fully saturated rings. The largest absolute Gasteiger partial charge is 0.481 e. The molecule has 0 aromatic heterocycles. The van der Waals surface area contributed by atoms with Crippen molar-refractivity contribution in [2.45, 2.75) is 64.6 Å². The molecule has 1 aliphatic carbocycles. The number of hydrogen-bond acceptors (Lipinski definition) is 2. The van der Waals surface area contributed by atoms with Crippen LogP contribution in [0.25, 0.3) is 0 Å². The maximum Gasteiger partial charge on any atom is 0.306 e. The van der Waals surface area contributed by atoms with E-state index in [0.717, 1.165) is 32.3 Å². The van der Waals surface area contributed by atoms with Crippen LogP contribution in [-0.2, 0) is 9.22 Å². The summed E-state index contributed by atoms with van der Waals surface area (Å²) in [6, 6.07) is 0. The Hall–Kier alpha value is -0.353. The molecule has 0 unspecified atom stereocenters. The van der Waals surface area contributed by atoms with Crippen molar-refractivity contribution in [3.8, 4) is 0 Å². The van der Waals surface area contributed by atoms with Gasteiger partial charge in [0.1, 0.15) is 0 Å². The highest BCUT2D eigenvalue weighted by atomic mass is 28.4. The maximum absolute atomic E-state index is 10.9. The van der Waals surface area contributed by atoms with Crippen molar-refractivity contribution in [2.24, 2.45) is 11.8 Å². The zero-order valence-electron chi connectivity index (χ0n) is 12.5. The van der Waals surface area contributed by atoms with Gasteiger partial charge in [-0.05, 0) is 49.7 Å². The molecular formula is C14H28O3Si. The summed E-state index contributed by atoms with van der Waals surface area (Å²) >= 11 is 0. The van der Waals surface area contributed by atoms with Gasteiger partial charge in [-0.25, -0.2) is 0 Å². The molecule has 1 saturated carbocycles. The Kier molecular flexibility index (Phi) is 5.01. The Balaban J connectivity index is 2.36. The molecule has 18 heavy (non-hydrogen) atoms. The topological polar surface area (TPSA) is 46.5 Å². The number of carboxylic acids is 1. The Morgan fingerprint density at radius 2 is 1.72 bits per heavy atom. The minimum atomic E-state index is -1.64. The molecule has 0 heterocycles. The van der Waals surface area contributed by atoms with Crippen molar-refractivity contribution in [3.63, 3.8) is 0 Å². The smallest absolute Gasteiger partial charge is 0.306 e. The van der Waals surface area contributed by atoms with E-state index >= 15 is 0 Å². The van der Waals surface area contributed by atoms with E-state index in [4.69, 9.17) is 9.53 Å². The minimum Gasteiger partial charge on any atom is -0.481 e. The highest BCUT2D eigenvalue weighted by molar-refractivity contribution is 6.74. The van der Waals surface area contributed by atoms with Gasteiger partial charge in [0, 0.05) is 6.61 Å². The number of aliphatic carboxylic acids is 1. The van der Waals surface area contributed by atoms with Gasteiger partial charge in [0.05, 0.1) is 5.92 Å². The van der Waals surface area contributed by atoms with Crippen LogP contribution in [0, 0.1) is 11.8 Å². The molecule has 0 spiro atoms. The zero-order chi connectivity index (χ0) is 14.0. The molecule has 4 heteroatoms. The molecule has 1 aliphatic rings. The van der Waals surface area contributed by atoms with Crippen LogP contribution in [0.1, 0.15) is 46.5 Å². The van der Waals surface area contributed by atoms with E-state index < -0.39 is 14.3 Å². The van der Waals surface area contributed by atoms with E-state index in [9.17, 15) is 4.79 Å². The van der Waals surface area contributed by atoms with E-state index in [2.05, 4.69) is 33.9 Å². The molecule has 1 rings (SSSR count). The average molecular weight is 272 g/mol. The second-order valence-corrected chi connectivity index (χ2v) is 11.9. The molecule has 106 valence electrons. The van der Waals surface area contributed by atoms with E-state index in [1.807, 2.05) is 0 Å². The lowest BCUT2D eigenvalue weighted by Crippen LogP contribution is -2.42. The lowest BCUT2D eigenvalue weighted by molar-refractivity contribution is -0.143. The second-order valence-electron chi connectivity index (χ2n) is 7.13. The molecule has 0 aromatic rings. The van der Waals surface area contributed by atoms with Gasteiger partial charge in [-0.15, -0.1) is 0 Å². The van der Waals surface area contributed by atoms with Crippen LogP contribution in [0.15, 0.2) is 0 Å². The van der Waals surface area contributed by atoms with Gasteiger partial charge in [0.25, 0.3) is 0 Å². The molecule has 0 radical (unpaired) electrons. The number of rotatable bonds is 4. The van der Waals surface area contributed by atoms with Crippen LogP contribution >= 0.6 is 0 Å². The third kappa shape index (κ3) is 4.09. The van der Waals surface area contributed by atoms with Gasteiger partial charge in [-0.3, -0.25) is 4.79 Å². The first kappa shape index (κ1) is 15.7. The van der Waals surface area contributed by atoms with E-state index in [0.29, 0.717) is 5.92 Å². The number of carbonyl (C=O) groups is 1. The molecule has 0 aromatic carbocycles. The monoisotopic (exact) mass is 272 g/mol. The standard InChI is InChI=1S/C14H28O3Si/c1-14(2,3)18(4,5)17-10-11-6-8-12(9-7-11)13(15)16/h11-12H,6-10H2,1-5H3,(H,15,16)/t11-,12-. The van der Waals surface area contributed by atoms with Gasteiger partial charge in [0.2, 0.25) is 0 Å². The van der Waals surface area contributed by atoms with E-state index in [1.165, 1.54) is 0 Å². The fourth-order valence-electron chi connectivity index (χ4n) is 2.12. The predicted molar refractivity (Wildman–Crippen MR) is 76.2 cm³/mol. The molecule has 0 saturated heterocycles. The maximum atomic E-state index is 10.9. The van der Waals surface area contributed by atoms with Crippen molar-refractivity contribution >= 4 is 14.3 Å². The second kappa shape index (κ2) is 5.74. The predicted octanol–water partition coefficient (Wildman–Crippen LogP) is 3.90. The van der Waals surface area contributed by atoms with Crippen LogP contribution in [0.2, 0.25) is 18.1 Å². The molecular weight excluding hydrogens is 244 g/mol. The van der Waals surface area contributed by atoms with E-state index in [1.54, 1.807) is 0 Å². The molecule has 0 bridgehead atoms. The SMILES string of the molecule is CC(C)(C)[Si](C)(C)OC[C@H]1CC[C@H](C(=O)O)CC1. The van der Waals surface area contributed by atoms with Gasteiger partial charge in [0.15, 0.2) is 8.32 Å². The quantitative estimate of drug-likeness (QED) is 0.790. The summed E-state index contributed by atoms with van der Waals surface area (Å²) in [5.41, 5.74) is 0. The first-order chi connectivity index (χ1) is 8.13. The third-order valence-electron chi connectivity index (χ3n) is 4.68. The molecule has 0 amide bonds. The normalized spacial score (nSPS) is 26.1. The third-order valence-corrected chi connectivity index (χ3v) is 9.18. The minimum absolute atomic E-state index is 0.117. The summed E-state index contributed by atoms with van der Waals surface area (Å²) in [5.74, 6) is -0.178. The Morgan fingerprint density at radius 1 is 1.22 bits per heavy atom. The summed E-state index contributed by atoms with van der Waals surface area (Å²) in [4.78, 5) is 10.9. The van der Waals surface area contributed by atoms with Crippen molar-refractivity contribution in [1.29, 1.82) is 0 Å². The van der Waals surface area contributed by atoms with Crippen LogP contribution < -0.4 is 0 Å². The lowest BCUT2D eigenvalue weighted by atomic mass is 9.82. The summed E-state index contributed by atoms with van der Waals surface area (Å²) in [6.07, 6.45) is 3.65. The Morgan fingerprint density at radius 3 is 2.11 bits per heavy atom. The first-order valence-electron chi connectivity index (χ1n) is 7.00. The van der Waals surface area contributed by atoms with Crippen molar-refractivity contribution in [1.82, 2.24) is 0 Å². The summed E-state index contributed by atoms with van der Waals surface area (Å²) < 4.78 is 6.22. The van der Waals surface area contributed by atoms with Crippen LogP contribution in [0.4, 0.5) is 0 Å². The van der Waals surface area contributed by atoms with Crippen LogP contribution in [0.3, 0.4) is 0 Å². The van der Waals surface area contributed by atoms with Gasteiger partial charge in [-0.1, -0.05) is 20.8 Å². The Labute approximate surface area is 112 Å². The zero-order valence-corrected chi connectivity index (χ0v) is 13.5. The summed E-state index contributed by atoms with van der Waals surface area (Å²) in [7, 11) is -1.64. The van der Waals surface area contributed by atoms with Crippen molar-refractivity contribution < 1.29 is 14.3 Å².